The van der Waals surface area contributed by atoms with Crippen molar-refractivity contribution >= 4 is 36.3 Å². The van der Waals surface area contributed by atoms with Crippen LogP contribution in [0.5, 0.6) is 0 Å². The Balaban J connectivity index is 2.73. The summed E-state index contributed by atoms with van der Waals surface area (Å²) in [5, 5.41) is 15.8. The molecule has 144 valence electrons. The number of carbonyl (C=O) groups is 4. The van der Waals surface area contributed by atoms with Gasteiger partial charge in [0.1, 0.15) is 18.6 Å². The number of carbonyl (C=O) groups excluding carboxylic acids is 3. The Hall–Kier alpha value is -2.60. The fraction of sp³-hybridized carbons (Fsp3) is 0.500. The number of imidazole rings is 1. The summed E-state index contributed by atoms with van der Waals surface area (Å²) in [6.45, 7) is 0.845. The van der Waals surface area contributed by atoms with Crippen LogP contribution in [0.1, 0.15) is 12.6 Å². The highest BCUT2D eigenvalue weighted by molar-refractivity contribution is 7.80. The van der Waals surface area contributed by atoms with Crippen LogP contribution in [0.4, 0.5) is 0 Å². The molecule has 1 heterocycles. The van der Waals surface area contributed by atoms with Gasteiger partial charge in [-0.2, -0.15) is 12.6 Å². The molecule has 0 saturated heterocycles. The number of H-pyrrole nitrogens is 1. The molecule has 3 amide bonds. The van der Waals surface area contributed by atoms with Gasteiger partial charge in [0.15, 0.2) is 0 Å². The Bertz CT molecular complexity index is 638. The van der Waals surface area contributed by atoms with Crippen molar-refractivity contribution in [2.45, 2.75) is 31.5 Å². The smallest absolute Gasteiger partial charge is 0.322 e. The number of aromatic nitrogens is 2. The average Bonchev–Trinajstić information content (AvgIpc) is 3.10. The number of nitrogens with two attached hydrogens (primary N) is 1. The molecule has 0 aliphatic rings. The summed E-state index contributed by atoms with van der Waals surface area (Å²) in [4.78, 5) is 53.4. The maximum Gasteiger partial charge on any atom is 0.322 e. The summed E-state index contributed by atoms with van der Waals surface area (Å²) < 4.78 is 0. The second-order valence-electron chi connectivity index (χ2n) is 5.47. The summed E-state index contributed by atoms with van der Waals surface area (Å²) in [6, 6.07) is -2.88. The van der Waals surface area contributed by atoms with Gasteiger partial charge in [-0.25, -0.2) is 4.98 Å². The largest absolute Gasteiger partial charge is 0.480 e. The van der Waals surface area contributed by atoms with Crippen LogP contribution in [0, 0.1) is 0 Å². The van der Waals surface area contributed by atoms with Crippen LogP contribution in [0.25, 0.3) is 0 Å². The maximum absolute atomic E-state index is 12.3. The van der Waals surface area contributed by atoms with Gasteiger partial charge in [0, 0.05) is 24.1 Å². The molecule has 0 fully saturated rings. The highest BCUT2D eigenvalue weighted by atomic mass is 32.1. The molecule has 0 bridgehead atoms. The number of thiol groups is 1. The van der Waals surface area contributed by atoms with Gasteiger partial charge in [0.05, 0.1) is 12.4 Å². The Morgan fingerprint density at radius 2 is 1.96 bits per heavy atom. The Morgan fingerprint density at radius 3 is 2.50 bits per heavy atom. The standard InChI is InChI=1S/C14H22N6O5S/c1-7(19-13(24)9(15)5-26)12(23)20-10(2-8-3-16-6-18-8)14(25)17-4-11(21)22/h3,6-7,9-10,26H,2,4-5,15H2,1H3,(H,16,18)(H,17,25)(H,19,24)(H,20,23)(H,21,22). The molecule has 11 nitrogen and oxygen atoms in total. The lowest BCUT2D eigenvalue weighted by Crippen LogP contribution is -2.55. The predicted octanol–water partition coefficient (Wildman–Crippen LogP) is -2.60. The van der Waals surface area contributed by atoms with Gasteiger partial charge in [0.25, 0.3) is 0 Å². The highest BCUT2D eigenvalue weighted by Crippen LogP contribution is 2.00. The van der Waals surface area contributed by atoms with Crippen LogP contribution < -0.4 is 21.7 Å². The monoisotopic (exact) mass is 386 g/mol. The normalized spacial score (nSPS) is 14.0. The first-order valence-corrected chi connectivity index (χ1v) is 8.31. The fourth-order valence-electron chi connectivity index (χ4n) is 1.88. The quantitative estimate of drug-likeness (QED) is 0.215. The number of carboxylic acid groups (broad SMARTS) is 1. The summed E-state index contributed by atoms with van der Waals surface area (Å²) in [7, 11) is 0. The number of carboxylic acids is 1. The minimum absolute atomic E-state index is 0.0635. The van der Waals surface area contributed by atoms with Gasteiger partial charge in [-0.1, -0.05) is 0 Å². The van der Waals surface area contributed by atoms with Crippen molar-refractivity contribution in [1.82, 2.24) is 25.9 Å². The van der Waals surface area contributed by atoms with Crippen molar-refractivity contribution in [3.63, 3.8) is 0 Å². The molecule has 0 aromatic carbocycles. The number of hydrogen-bond donors (Lipinski definition) is 7. The van der Waals surface area contributed by atoms with Gasteiger partial charge >= 0.3 is 5.97 Å². The molecular formula is C14H22N6O5S. The van der Waals surface area contributed by atoms with Crippen molar-refractivity contribution < 1.29 is 24.3 Å². The van der Waals surface area contributed by atoms with Crippen LogP contribution >= 0.6 is 12.6 Å². The van der Waals surface area contributed by atoms with Crippen LogP contribution in [-0.2, 0) is 25.6 Å². The van der Waals surface area contributed by atoms with E-state index in [0.717, 1.165) is 0 Å². The molecule has 3 atom stereocenters. The molecule has 0 aliphatic heterocycles. The van der Waals surface area contributed by atoms with Gasteiger partial charge in [-0.3, -0.25) is 19.2 Å². The number of amides is 3. The highest BCUT2D eigenvalue weighted by Gasteiger charge is 2.26. The van der Waals surface area contributed by atoms with E-state index in [1.807, 2.05) is 0 Å². The van der Waals surface area contributed by atoms with E-state index in [2.05, 4.69) is 38.5 Å². The minimum atomic E-state index is -1.22. The molecule has 1 aromatic heterocycles. The average molecular weight is 386 g/mol. The Labute approximate surface area is 154 Å². The van der Waals surface area contributed by atoms with Gasteiger partial charge in [0.2, 0.25) is 17.7 Å². The lowest BCUT2D eigenvalue weighted by Gasteiger charge is -2.21. The molecule has 12 heteroatoms. The van der Waals surface area contributed by atoms with Gasteiger partial charge in [-0.15, -0.1) is 0 Å². The SMILES string of the molecule is CC(NC(=O)C(N)CS)C(=O)NC(Cc1cnc[nH]1)C(=O)NCC(=O)O. The molecule has 0 saturated carbocycles. The first kappa shape index (κ1) is 21.4. The first-order chi connectivity index (χ1) is 12.2. The first-order valence-electron chi connectivity index (χ1n) is 7.68. The lowest BCUT2D eigenvalue weighted by atomic mass is 10.1. The minimum Gasteiger partial charge on any atom is -0.480 e. The molecule has 0 aliphatic carbocycles. The number of aromatic amines is 1. The van der Waals surface area contributed by atoms with Crippen molar-refractivity contribution in [2.75, 3.05) is 12.3 Å². The molecule has 7 N–H and O–H groups in total. The summed E-state index contributed by atoms with van der Waals surface area (Å²) in [6.07, 6.45) is 2.94. The van der Waals surface area contributed by atoms with E-state index in [9.17, 15) is 19.2 Å². The third-order valence-corrected chi connectivity index (χ3v) is 3.70. The van der Waals surface area contributed by atoms with Crippen molar-refractivity contribution in [3.05, 3.63) is 18.2 Å². The number of rotatable bonds is 10. The summed E-state index contributed by atoms with van der Waals surface area (Å²) >= 11 is 3.90. The van der Waals surface area contributed by atoms with Crippen molar-refractivity contribution in [1.29, 1.82) is 0 Å². The zero-order valence-corrected chi connectivity index (χ0v) is 15.0. The van der Waals surface area contributed by atoms with Crippen LogP contribution in [0.2, 0.25) is 0 Å². The van der Waals surface area contributed by atoms with E-state index in [0.29, 0.717) is 5.69 Å². The van der Waals surface area contributed by atoms with E-state index in [1.165, 1.54) is 19.4 Å². The van der Waals surface area contributed by atoms with Crippen LogP contribution in [0.15, 0.2) is 12.5 Å². The van der Waals surface area contributed by atoms with Crippen LogP contribution in [0.3, 0.4) is 0 Å². The Morgan fingerprint density at radius 1 is 1.27 bits per heavy atom. The van der Waals surface area contributed by atoms with Gasteiger partial charge < -0.3 is 31.8 Å². The maximum atomic E-state index is 12.3. The molecule has 0 radical (unpaired) electrons. The number of aliphatic carboxylic acids is 1. The third-order valence-electron chi connectivity index (χ3n) is 3.31. The molecule has 0 spiro atoms. The second-order valence-corrected chi connectivity index (χ2v) is 5.84. The van der Waals surface area contributed by atoms with Crippen molar-refractivity contribution in [3.8, 4) is 0 Å². The van der Waals surface area contributed by atoms with E-state index in [1.54, 1.807) is 0 Å². The predicted molar refractivity (Wildman–Crippen MR) is 94.3 cm³/mol. The number of hydrogen-bond acceptors (Lipinski definition) is 7. The van der Waals surface area contributed by atoms with E-state index >= 15 is 0 Å². The topological polar surface area (TPSA) is 179 Å². The lowest BCUT2D eigenvalue weighted by molar-refractivity contribution is -0.138. The van der Waals surface area contributed by atoms with E-state index in [-0.39, 0.29) is 12.2 Å². The molecule has 1 rings (SSSR count). The summed E-state index contributed by atoms with van der Waals surface area (Å²) in [5.41, 5.74) is 6.09. The third kappa shape index (κ3) is 7.11. The Kier molecular flexibility index (Phi) is 8.58. The molecule has 26 heavy (non-hydrogen) atoms. The van der Waals surface area contributed by atoms with E-state index in [4.69, 9.17) is 10.8 Å². The molecular weight excluding hydrogens is 364 g/mol. The van der Waals surface area contributed by atoms with Crippen LogP contribution in [-0.4, -0.2) is 69.2 Å². The molecule has 3 unspecified atom stereocenters. The number of nitrogens with zero attached hydrogens (tertiary/aromatic N) is 1. The van der Waals surface area contributed by atoms with Gasteiger partial charge in [-0.05, 0) is 6.92 Å². The zero-order valence-electron chi connectivity index (χ0n) is 14.1. The summed E-state index contributed by atoms with van der Waals surface area (Å²) in [5.74, 6) is -2.96. The second kappa shape index (κ2) is 10.4. The van der Waals surface area contributed by atoms with Crippen molar-refractivity contribution in [2.24, 2.45) is 5.73 Å². The number of nitrogens with one attached hydrogen (secondary N) is 4. The fourth-order valence-corrected chi connectivity index (χ4v) is 2.04. The zero-order chi connectivity index (χ0) is 19.7. The molecule has 1 aromatic rings. The van der Waals surface area contributed by atoms with E-state index < -0.39 is 48.4 Å².